The normalized spacial score (nSPS) is 16.9. The molecule has 1 saturated heterocycles. The van der Waals surface area contributed by atoms with Gasteiger partial charge in [-0.2, -0.15) is 0 Å². The van der Waals surface area contributed by atoms with Crippen LogP contribution >= 0.6 is 0 Å². The van der Waals surface area contributed by atoms with Crippen molar-refractivity contribution in [3.8, 4) is 0 Å². The number of hydrogen-bond acceptors (Lipinski definition) is 3. The van der Waals surface area contributed by atoms with Crippen molar-refractivity contribution in [2.24, 2.45) is 10.9 Å². The fraction of sp³-hybridized carbons (Fsp3) is 0.360. The molecule has 30 heavy (non-hydrogen) atoms. The van der Waals surface area contributed by atoms with E-state index in [2.05, 4.69) is 70.7 Å². The van der Waals surface area contributed by atoms with Gasteiger partial charge in [0.2, 0.25) is 0 Å². The number of fused-ring (bicyclic) bond motifs is 1. The lowest BCUT2D eigenvalue weighted by Gasteiger charge is -2.22. The van der Waals surface area contributed by atoms with Crippen LogP contribution in [-0.2, 0) is 17.9 Å². The first-order chi connectivity index (χ1) is 14.8. The van der Waals surface area contributed by atoms with Crippen LogP contribution in [-0.4, -0.2) is 42.1 Å². The Balaban J connectivity index is 1.35. The van der Waals surface area contributed by atoms with Crippen LogP contribution < -0.4 is 5.32 Å². The number of nitrogens with one attached hydrogen (secondary N) is 1. The zero-order valence-electron chi connectivity index (χ0n) is 17.6. The summed E-state index contributed by atoms with van der Waals surface area (Å²) in [6, 6.07) is 20.7. The summed E-state index contributed by atoms with van der Waals surface area (Å²) in [4.78, 5) is 11.8. The van der Waals surface area contributed by atoms with Crippen LogP contribution in [0.4, 0.5) is 0 Å². The topological polar surface area (TPSA) is 49.8 Å². The molecule has 156 valence electrons. The summed E-state index contributed by atoms with van der Waals surface area (Å²) in [5.74, 6) is 1.52. The van der Waals surface area contributed by atoms with Gasteiger partial charge in [-0.25, -0.2) is 4.99 Å². The van der Waals surface area contributed by atoms with Gasteiger partial charge in [0, 0.05) is 37.1 Å². The molecule has 0 radical (unpaired) electrons. The van der Waals surface area contributed by atoms with Gasteiger partial charge >= 0.3 is 0 Å². The Morgan fingerprint density at radius 1 is 1.13 bits per heavy atom. The van der Waals surface area contributed by atoms with Crippen molar-refractivity contribution in [3.63, 3.8) is 0 Å². The maximum atomic E-state index is 5.97. The van der Waals surface area contributed by atoms with E-state index in [1.807, 2.05) is 18.3 Å². The summed E-state index contributed by atoms with van der Waals surface area (Å²) in [7, 11) is 0. The summed E-state index contributed by atoms with van der Waals surface area (Å²) in [6.45, 7) is 7.07. The third-order valence-corrected chi connectivity index (χ3v) is 5.50. The number of nitrogens with zero attached hydrogens (tertiary/aromatic N) is 3. The Kier molecular flexibility index (Phi) is 6.93. The van der Waals surface area contributed by atoms with Crippen molar-refractivity contribution in [2.45, 2.75) is 26.5 Å². The predicted octanol–water partition coefficient (Wildman–Crippen LogP) is 4.24. The lowest BCUT2D eigenvalue weighted by Crippen LogP contribution is -2.40. The quantitative estimate of drug-likeness (QED) is 0.474. The molecule has 2 heterocycles. The molecule has 1 aromatic heterocycles. The van der Waals surface area contributed by atoms with Crippen LogP contribution in [0.15, 0.2) is 71.9 Å². The van der Waals surface area contributed by atoms with Crippen LogP contribution in [0.5, 0.6) is 0 Å². The van der Waals surface area contributed by atoms with Crippen molar-refractivity contribution >= 4 is 16.9 Å². The smallest absolute Gasteiger partial charge is 0.194 e. The Bertz CT molecular complexity index is 968. The highest BCUT2D eigenvalue weighted by molar-refractivity contribution is 5.83. The van der Waals surface area contributed by atoms with Gasteiger partial charge in [0.1, 0.15) is 0 Å². The standard InChI is InChI=1S/C25H30N4O/c1-2-26-25(28-16-23-11-6-10-22-12-7-14-27-24(22)23)29-15-13-21(17-29)19-30-18-20-8-4-3-5-9-20/h3-12,14,21H,2,13,15-19H2,1H3,(H,26,28). The lowest BCUT2D eigenvalue weighted by molar-refractivity contribution is 0.0906. The van der Waals surface area contributed by atoms with Crippen molar-refractivity contribution in [3.05, 3.63) is 78.0 Å². The van der Waals surface area contributed by atoms with E-state index < -0.39 is 0 Å². The van der Waals surface area contributed by atoms with Gasteiger partial charge in [-0.15, -0.1) is 0 Å². The van der Waals surface area contributed by atoms with Crippen molar-refractivity contribution < 1.29 is 4.74 Å². The molecule has 1 N–H and O–H groups in total. The minimum atomic E-state index is 0.539. The van der Waals surface area contributed by atoms with E-state index in [1.165, 1.54) is 5.56 Å². The highest BCUT2D eigenvalue weighted by Gasteiger charge is 2.25. The summed E-state index contributed by atoms with van der Waals surface area (Å²) in [5.41, 5.74) is 3.42. The maximum absolute atomic E-state index is 5.97. The minimum absolute atomic E-state index is 0.539. The Morgan fingerprint density at radius 2 is 2.00 bits per heavy atom. The van der Waals surface area contributed by atoms with Crippen LogP contribution in [0.25, 0.3) is 10.9 Å². The largest absolute Gasteiger partial charge is 0.376 e. The zero-order chi connectivity index (χ0) is 20.6. The van der Waals surface area contributed by atoms with E-state index in [4.69, 9.17) is 9.73 Å². The first-order valence-electron chi connectivity index (χ1n) is 10.8. The van der Waals surface area contributed by atoms with Crippen LogP contribution in [0, 0.1) is 5.92 Å². The predicted molar refractivity (Wildman–Crippen MR) is 122 cm³/mol. The highest BCUT2D eigenvalue weighted by Crippen LogP contribution is 2.19. The fourth-order valence-electron chi connectivity index (χ4n) is 3.96. The molecule has 0 aliphatic carbocycles. The van der Waals surface area contributed by atoms with E-state index in [1.54, 1.807) is 0 Å². The van der Waals surface area contributed by atoms with Gasteiger partial charge < -0.3 is 15.0 Å². The third-order valence-electron chi connectivity index (χ3n) is 5.50. The molecule has 5 nitrogen and oxygen atoms in total. The molecule has 0 spiro atoms. The Labute approximate surface area is 178 Å². The third kappa shape index (κ3) is 5.16. The van der Waals surface area contributed by atoms with Gasteiger partial charge in [-0.1, -0.05) is 54.6 Å². The number of pyridine rings is 1. The Morgan fingerprint density at radius 3 is 2.87 bits per heavy atom. The van der Waals surface area contributed by atoms with Gasteiger partial charge in [-0.05, 0) is 30.5 Å². The molecule has 1 aliphatic rings. The summed E-state index contributed by atoms with van der Waals surface area (Å²) >= 11 is 0. The minimum Gasteiger partial charge on any atom is -0.376 e. The molecule has 0 amide bonds. The van der Waals surface area contributed by atoms with Gasteiger partial charge in [0.25, 0.3) is 0 Å². The summed E-state index contributed by atoms with van der Waals surface area (Å²) in [6.07, 6.45) is 2.98. The van der Waals surface area contributed by atoms with Crippen molar-refractivity contribution in [1.82, 2.24) is 15.2 Å². The molecular formula is C25H30N4O. The first kappa shape index (κ1) is 20.4. The second-order valence-corrected chi connectivity index (χ2v) is 7.76. The molecule has 1 unspecified atom stereocenters. The molecule has 2 aromatic carbocycles. The van der Waals surface area contributed by atoms with Crippen LogP contribution in [0.2, 0.25) is 0 Å². The van der Waals surface area contributed by atoms with Crippen molar-refractivity contribution in [1.29, 1.82) is 0 Å². The molecule has 1 atom stereocenters. The van der Waals surface area contributed by atoms with E-state index >= 15 is 0 Å². The second kappa shape index (κ2) is 10.2. The van der Waals surface area contributed by atoms with E-state index in [-0.39, 0.29) is 0 Å². The number of guanidine groups is 1. The number of aliphatic imine (C=N–C) groups is 1. The van der Waals surface area contributed by atoms with E-state index in [0.29, 0.717) is 19.1 Å². The molecule has 3 aromatic rings. The first-order valence-corrected chi connectivity index (χ1v) is 10.8. The average molecular weight is 403 g/mol. The molecule has 0 bridgehead atoms. The number of aromatic nitrogens is 1. The molecule has 5 heteroatoms. The number of hydrogen-bond donors (Lipinski definition) is 1. The van der Waals surface area contributed by atoms with Gasteiger partial charge in [-0.3, -0.25) is 4.98 Å². The number of para-hydroxylation sites is 1. The lowest BCUT2D eigenvalue weighted by atomic mass is 10.1. The summed E-state index contributed by atoms with van der Waals surface area (Å²) in [5, 5.41) is 4.62. The van der Waals surface area contributed by atoms with Gasteiger partial charge in [0.05, 0.1) is 25.3 Å². The summed E-state index contributed by atoms with van der Waals surface area (Å²) < 4.78 is 5.97. The van der Waals surface area contributed by atoms with E-state index in [9.17, 15) is 0 Å². The molecule has 4 rings (SSSR count). The fourth-order valence-corrected chi connectivity index (χ4v) is 3.96. The molecule has 1 aliphatic heterocycles. The van der Waals surface area contributed by atoms with Crippen molar-refractivity contribution in [2.75, 3.05) is 26.2 Å². The van der Waals surface area contributed by atoms with Crippen LogP contribution in [0.3, 0.4) is 0 Å². The Hall–Kier alpha value is -2.92. The number of likely N-dealkylation sites (tertiary alicyclic amines) is 1. The average Bonchev–Trinajstić information content (AvgIpc) is 3.26. The number of benzene rings is 2. The molecule has 1 fully saturated rings. The second-order valence-electron chi connectivity index (χ2n) is 7.76. The maximum Gasteiger partial charge on any atom is 0.194 e. The number of ether oxygens (including phenoxy) is 1. The highest BCUT2D eigenvalue weighted by atomic mass is 16.5. The van der Waals surface area contributed by atoms with E-state index in [0.717, 1.165) is 55.1 Å². The zero-order valence-corrected chi connectivity index (χ0v) is 17.6. The van der Waals surface area contributed by atoms with Crippen LogP contribution in [0.1, 0.15) is 24.5 Å². The number of rotatable bonds is 7. The molecule has 0 saturated carbocycles. The monoisotopic (exact) mass is 402 g/mol. The van der Waals surface area contributed by atoms with Gasteiger partial charge in [0.15, 0.2) is 5.96 Å². The molecular weight excluding hydrogens is 372 g/mol. The SMILES string of the molecule is CCNC(=NCc1cccc2cccnc12)N1CCC(COCc2ccccc2)C1.